The lowest BCUT2D eigenvalue weighted by Gasteiger charge is -2.29. The van der Waals surface area contributed by atoms with Gasteiger partial charge in [-0.25, -0.2) is 9.97 Å². The Balaban J connectivity index is 1.92. The van der Waals surface area contributed by atoms with E-state index in [9.17, 15) is 31.6 Å². The Morgan fingerprint density at radius 2 is 1.68 bits per heavy atom. The van der Waals surface area contributed by atoms with Crippen molar-refractivity contribution < 1.29 is 26.3 Å². The third-order valence-corrected chi connectivity index (χ3v) is 5.67. The number of anilines is 1. The fourth-order valence-corrected chi connectivity index (χ4v) is 3.79. The molecule has 0 aliphatic heterocycles. The maximum Gasteiger partial charge on any atom is 0.418 e. The number of nitriles is 2. The second kappa shape index (κ2) is 9.05. The molecule has 8 nitrogen and oxygen atoms in total. The van der Waals surface area contributed by atoms with Gasteiger partial charge in [0, 0.05) is 24.8 Å². The molecule has 3 aromatic heterocycles. The van der Waals surface area contributed by atoms with Crippen molar-refractivity contribution in [2.45, 2.75) is 25.3 Å². The molecule has 0 aliphatic rings. The van der Waals surface area contributed by atoms with Crippen LogP contribution in [0.4, 0.5) is 32.0 Å². The average molecular weight is 516 g/mol. The summed E-state index contributed by atoms with van der Waals surface area (Å²) in [4.78, 5) is 13.3. The Bertz CT molecular complexity index is 1560. The second-order valence-corrected chi connectivity index (χ2v) is 7.88. The van der Waals surface area contributed by atoms with Crippen LogP contribution in [0.5, 0.6) is 0 Å². The number of halogens is 6. The first-order chi connectivity index (χ1) is 17.4. The van der Waals surface area contributed by atoms with Crippen LogP contribution in [0, 0.1) is 22.7 Å². The number of nitrogens with zero attached hydrogens (tertiary/aromatic N) is 8. The largest absolute Gasteiger partial charge is 0.418 e. The van der Waals surface area contributed by atoms with Crippen LogP contribution in [0.25, 0.3) is 16.7 Å². The second-order valence-electron chi connectivity index (χ2n) is 7.88. The van der Waals surface area contributed by atoms with Gasteiger partial charge in [0.25, 0.3) is 0 Å². The highest BCUT2D eigenvalue weighted by atomic mass is 19.4. The molecule has 0 radical (unpaired) electrons. The van der Waals surface area contributed by atoms with Crippen LogP contribution in [-0.4, -0.2) is 31.8 Å². The molecule has 1 aromatic carbocycles. The standard InChI is InChI=1S/C23H14F6N8/c1-12(21-34-11-35-37(21)18-4-3-13(7-30)9-32-18)36(2)20-14(8-31)10-33-19-16(20)5-15(22(24,25)26)6-17(19)23(27,28)29/h3-6,9-12H,1-2H3/t12-/m0/s1. The molecule has 0 saturated heterocycles. The van der Waals surface area contributed by atoms with Crippen molar-refractivity contribution in [1.82, 2.24) is 24.7 Å². The van der Waals surface area contributed by atoms with Gasteiger partial charge in [0.05, 0.1) is 39.5 Å². The first kappa shape index (κ1) is 25.4. The molecular formula is C23H14F6N8. The summed E-state index contributed by atoms with van der Waals surface area (Å²) in [5.41, 5.74) is -3.98. The predicted octanol–water partition coefficient (Wildman–Crippen LogP) is 5.19. The van der Waals surface area contributed by atoms with Gasteiger partial charge in [-0.2, -0.15) is 46.6 Å². The van der Waals surface area contributed by atoms with Crippen LogP contribution in [0.3, 0.4) is 0 Å². The van der Waals surface area contributed by atoms with E-state index < -0.39 is 40.4 Å². The number of aromatic nitrogens is 5. The summed E-state index contributed by atoms with van der Waals surface area (Å²) in [6.07, 6.45) is -6.84. The van der Waals surface area contributed by atoms with Gasteiger partial charge in [0.15, 0.2) is 11.6 Å². The van der Waals surface area contributed by atoms with Crippen molar-refractivity contribution >= 4 is 16.6 Å². The normalized spacial score (nSPS) is 12.7. The highest BCUT2D eigenvalue weighted by molar-refractivity contribution is 5.97. The molecule has 1 atom stereocenters. The Labute approximate surface area is 205 Å². The molecule has 0 unspecified atom stereocenters. The van der Waals surface area contributed by atoms with Gasteiger partial charge < -0.3 is 4.90 Å². The van der Waals surface area contributed by atoms with E-state index in [1.807, 2.05) is 6.07 Å². The van der Waals surface area contributed by atoms with Gasteiger partial charge in [-0.3, -0.25) is 4.98 Å². The topological polar surface area (TPSA) is 107 Å². The molecule has 0 spiro atoms. The minimum absolute atomic E-state index is 0.00177. The molecule has 37 heavy (non-hydrogen) atoms. The Morgan fingerprint density at radius 3 is 2.24 bits per heavy atom. The molecule has 0 aliphatic carbocycles. The van der Waals surface area contributed by atoms with Crippen LogP contribution in [0.2, 0.25) is 0 Å². The van der Waals surface area contributed by atoms with Crippen LogP contribution in [-0.2, 0) is 12.4 Å². The number of hydrogen-bond donors (Lipinski definition) is 0. The molecule has 4 rings (SSSR count). The van der Waals surface area contributed by atoms with Crippen molar-refractivity contribution in [3.05, 3.63) is 71.1 Å². The van der Waals surface area contributed by atoms with Crippen molar-refractivity contribution in [3.8, 4) is 18.0 Å². The molecule has 3 heterocycles. The Morgan fingerprint density at radius 1 is 0.946 bits per heavy atom. The van der Waals surface area contributed by atoms with Gasteiger partial charge in [0.1, 0.15) is 18.5 Å². The van der Waals surface area contributed by atoms with Crippen molar-refractivity contribution in [3.63, 3.8) is 0 Å². The lowest BCUT2D eigenvalue weighted by atomic mass is 10.00. The molecular weight excluding hydrogens is 502 g/mol. The summed E-state index contributed by atoms with van der Waals surface area (Å²) in [5, 5.41) is 22.2. The molecule has 0 saturated carbocycles. The third-order valence-electron chi connectivity index (χ3n) is 5.67. The number of hydrogen-bond acceptors (Lipinski definition) is 7. The highest BCUT2D eigenvalue weighted by Gasteiger charge is 2.39. The summed E-state index contributed by atoms with van der Waals surface area (Å²) < 4.78 is 83.2. The van der Waals surface area contributed by atoms with Gasteiger partial charge in [-0.1, -0.05) is 0 Å². The van der Waals surface area contributed by atoms with Crippen LogP contribution in [0.1, 0.15) is 41.0 Å². The number of alkyl halides is 6. The van der Waals surface area contributed by atoms with E-state index >= 15 is 0 Å². The number of pyridine rings is 2. The fraction of sp³-hybridized carbons (Fsp3) is 0.217. The maximum atomic E-state index is 13.7. The van der Waals surface area contributed by atoms with Crippen LogP contribution >= 0.6 is 0 Å². The maximum absolute atomic E-state index is 13.7. The third kappa shape index (κ3) is 4.61. The lowest BCUT2D eigenvalue weighted by Crippen LogP contribution is -2.26. The van der Waals surface area contributed by atoms with Gasteiger partial charge in [0.2, 0.25) is 0 Å². The van der Waals surface area contributed by atoms with Crippen molar-refractivity contribution in [2.24, 2.45) is 0 Å². The van der Waals surface area contributed by atoms with Crippen LogP contribution < -0.4 is 4.90 Å². The zero-order valence-corrected chi connectivity index (χ0v) is 19.0. The Hall–Kier alpha value is -4.72. The first-order valence-corrected chi connectivity index (χ1v) is 10.4. The minimum atomic E-state index is -5.14. The molecule has 188 valence electrons. The van der Waals surface area contributed by atoms with Gasteiger partial charge in [-0.15, -0.1) is 0 Å². The number of rotatable bonds is 4. The smallest absolute Gasteiger partial charge is 0.363 e. The molecule has 0 amide bonds. The lowest BCUT2D eigenvalue weighted by molar-refractivity contribution is -0.142. The van der Waals surface area contributed by atoms with Crippen LogP contribution in [0.15, 0.2) is 43.0 Å². The predicted molar refractivity (Wildman–Crippen MR) is 117 cm³/mol. The fourth-order valence-electron chi connectivity index (χ4n) is 3.79. The number of benzene rings is 1. The molecule has 14 heteroatoms. The number of fused-ring (bicyclic) bond motifs is 1. The molecule has 0 N–H and O–H groups in total. The summed E-state index contributed by atoms with van der Waals surface area (Å²) in [7, 11) is 1.40. The van der Waals surface area contributed by atoms with Gasteiger partial charge >= 0.3 is 12.4 Å². The van der Waals surface area contributed by atoms with E-state index in [2.05, 4.69) is 20.1 Å². The van der Waals surface area contributed by atoms with E-state index in [1.165, 1.54) is 41.3 Å². The summed E-state index contributed by atoms with van der Waals surface area (Å²) in [6.45, 7) is 1.58. The monoisotopic (exact) mass is 516 g/mol. The van der Waals surface area contributed by atoms with Crippen molar-refractivity contribution in [1.29, 1.82) is 10.5 Å². The quantitative estimate of drug-likeness (QED) is 0.344. The molecule has 4 aromatic rings. The average Bonchev–Trinajstić information content (AvgIpc) is 3.35. The zero-order valence-electron chi connectivity index (χ0n) is 19.0. The van der Waals surface area contributed by atoms with E-state index in [0.29, 0.717) is 11.6 Å². The SMILES string of the molecule is C[C@@H](c1ncnn1-c1ccc(C#N)cn1)N(C)c1c(C#N)cnc2c(C(F)(F)F)cc(C(F)(F)F)cc12. The van der Waals surface area contributed by atoms with E-state index in [-0.39, 0.29) is 29.0 Å². The Kier molecular flexibility index (Phi) is 6.21. The first-order valence-electron chi connectivity index (χ1n) is 10.4. The van der Waals surface area contributed by atoms with E-state index in [4.69, 9.17) is 5.26 Å². The molecule has 0 bridgehead atoms. The van der Waals surface area contributed by atoms with E-state index in [1.54, 1.807) is 13.0 Å². The summed E-state index contributed by atoms with van der Waals surface area (Å²) >= 11 is 0. The highest BCUT2D eigenvalue weighted by Crippen LogP contribution is 2.43. The zero-order chi connectivity index (χ0) is 27.1. The van der Waals surface area contributed by atoms with Gasteiger partial charge in [-0.05, 0) is 31.2 Å². The summed E-state index contributed by atoms with van der Waals surface area (Å²) in [6, 6.07) is 6.43. The summed E-state index contributed by atoms with van der Waals surface area (Å²) in [5.74, 6) is 0.488. The minimum Gasteiger partial charge on any atom is -0.363 e. The molecule has 0 fully saturated rings. The van der Waals surface area contributed by atoms with Crippen molar-refractivity contribution in [2.75, 3.05) is 11.9 Å². The van der Waals surface area contributed by atoms with E-state index in [0.717, 1.165) is 6.20 Å².